The molecular weight excluding hydrogens is 254 g/mol. The van der Waals surface area contributed by atoms with Gasteiger partial charge in [0, 0.05) is 5.54 Å². The van der Waals surface area contributed by atoms with E-state index in [4.69, 9.17) is 5.73 Å². The summed E-state index contributed by atoms with van der Waals surface area (Å²) in [6.07, 6.45) is 13.3. The van der Waals surface area contributed by atoms with Crippen LogP contribution in [0.3, 0.4) is 0 Å². The van der Waals surface area contributed by atoms with Crippen LogP contribution >= 0.6 is 0 Å². The summed E-state index contributed by atoms with van der Waals surface area (Å²) >= 11 is 0. The molecule has 2 atom stereocenters. The third kappa shape index (κ3) is 6.72. The Bertz CT molecular complexity index is 303. The fraction of sp³-hybridized carbons (Fsp3) is 1.00. The van der Waals surface area contributed by atoms with Crippen LogP contribution in [-0.2, 0) is 0 Å². The van der Waals surface area contributed by atoms with Crippen molar-refractivity contribution >= 4 is 0 Å². The Hall–Kier alpha value is -0.0400. The zero-order valence-electron chi connectivity index (χ0n) is 15.7. The number of hydrogen-bond acceptors (Lipinski definition) is 1. The van der Waals surface area contributed by atoms with Crippen molar-refractivity contribution in [1.82, 2.24) is 0 Å². The minimum atomic E-state index is 0.0310. The molecule has 126 valence electrons. The largest absolute Gasteiger partial charge is 0.325 e. The molecule has 0 aromatic rings. The summed E-state index contributed by atoms with van der Waals surface area (Å²) in [6.45, 7) is 14.5. The molecule has 0 saturated heterocycles. The minimum absolute atomic E-state index is 0.0310. The predicted molar refractivity (Wildman–Crippen MR) is 95.5 cm³/mol. The summed E-state index contributed by atoms with van der Waals surface area (Å²) in [6, 6.07) is 0. The van der Waals surface area contributed by atoms with E-state index in [0.29, 0.717) is 10.8 Å². The second-order valence-corrected chi connectivity index (χ2v) is 9.54. The highest BCUT2D eigenvalue weighted by Crippen LogP contribution is 2.40. The Labute approximate surface area is 134 Å². The Morgan fingerprint density at radius 1 is 0.667 bits per heavy atom. The third-order valence-corrected chi connectivity index (χ3v) is 6.36. The molecular formula is C20H41N. The van der Waals surface area contributed by atoms with Gasteiger partial charge in [-0.1, -0.05) is 60.3 Å². The lowest BCUT2D eigenvalue weighted by molar-refractivity contribution is 0.164. The third-order valence-electron chi connectivity index (χ3n) is 6.36. The first-order valence-corrected chi connectivity index (χ1v) is 9.35. The van der Waals surface area contributed by atoms with E-state index < -0.39 is 0 Å². The van der Waals surface area contributed by atoms with Crippen LogP contribution in [0.2, 0.25) is 0 Å². The van der Waals surface area contributed by atoms with Crippen molar-refractivity contribution in [2.24, 2.45) is 22.5 Å². The van der Waals surface area contributed by atoms with E-state index >= 15 is 0 Å². The van der Waals surface area contributed by atoms with E-state index in [-0.39, 0.29) is 5.54 Å². The minimum Gasteiger partial charge on any atom is -0.325 e. The molecule has 1 aliphatic rings. The summed E-state index contributed by atoms with van der Waals surface area (Å²) in [7, 11) is 0. The van der Waals surface area contributed by atoms with Gasteiger partial charge >= 0.3 is 0 Å². The van der Waals surface area contributed by atoms with Gasteiger partial charge in [-0.2, -0.15) is 0 Å². The highest BCUT2D eigenvalue weighted by Gasteiger charge is 2.30. The van der Waals surface area contributed by atoms with Gasteiger partial charge in [-0.05, 0) is 62.2 Å². The van der Waals surface area contributed by atoms with Gasteiger partial charge in [0.2, 0.25) is 0 Å². The zero-order chi connectivity index (χ0) is 16.1. The van der Waals surface area contributed by atoms with Crippen molar-refractivity contribution in [3.8, 4) is 0 Å². The molecule has 1 fully saturated rings. The summed E-state index contributed by atoms with van der Waals surface area (Å²) in [5, 5.41) is 0. The van der Waals surface area contributed by atoms with Crippen LogP contribution in [0.5, 0.6) is 0 Å². The van der Waals surface area contributed by atoms with E-state index in [9.17, 15) is 0 Å². The van der Waals surface area contributed by atoms with Crippen LogP contribution in [0.25, 0.3) is 0 Å². The molecule has 1 nitrogen and oxygen atoms in total. The first-order chi connectivity index (χ1) is 9.56. The van der Waals surface area contributed by atoms with E-state index in [2.05, 4.69) is 41.5 Å². The molecule has 1 heteroatoms. The van der Waals surface area contributed by atoms with Crippen molar-refractivity contribution in [3.63, 3.8) is 0 Å². The number of hydrogen-bond donors (Lipinski definition) is 1. The van der Waals surface area contributed by atoms with Gasteiger partial charge in [0.05, 0.1) is 0 Å². The van der Waals surface area contributed by atoms with Crippen LogP contribution in [0.4, 0.5) is 0 Å². The first kappa shape index (κ1) is 19.0. The topological polar surface area (TPSA) is 26.0 Å². The molecule has 0 amide bonds. The van der Waals surface area contributed by atoms with Gasteiger partial charge in [-0.25, -0.2) is 0 Å². The molecule has 2 N–H and O–H groups in total. The zero-order valence-corrected chi connectivity index (χ0v) is 15.7. The highest BCUT2D eigenvalue weighted by molar-refractivity contribution is 4.85. The average Bonchev–Trinajstić information content (AvgIpc) is 2.36. The monoisotopic (exact) mass is 295 g/mol. The van der Waals surface area contributed by atoms with Gasteiger partial charge in [0.15, 0.2) is 0 Å². The average molecular weight is 296 g/mol. The molecule has 21 heavy (non-hydrogen) atoms. The Morgan fingerprint density at radius 3 is 1.86 bits per heavy atom. The molecule has 0 aliphatic heterocycles. The molecule has 1 aliphatic carbocycles. The van der Waals surface area contributed by atoms with Crippen molar-refractivity contribution in [1.29, 1.82) is 0 Å². The molecule has 0 heterocycles. The van der Waals surface area contributed by atoms with Crippen molar-refractivity contribution < 1.29 is 0 Å². The summed E-state index contributed by atoms with van der Waals surface area (Å²) in [5.41, 5.74) is 7.60. The SMILES string of the molecule is CC(C)C1(C)CCCCCC(C)(C)CCC(C)(N)CCC1. The van der Waals surface area contributed by atoms with E-state index in [0.717, 1.165) is 5.92 Å². The highest BCUT2D eigenvalue weighted by atomic mass is 14.7. The predicted octanol–water partition coefficient (Wildman–Crippen LogP) is 6.31. The van der Waals surface area contributed by atoms with Crippen LogP contribution < -0.4 is 5.73 Å². The van der Waals surface area contributed by atoms with E-state index in [1.807, 2.05) is 0 Å². The van der Waals surface area contributed by atoms with Crippen LogP contribution in [-0.4, -0.2) is 5.54 Å². The Morgan fingerprint density at radius 2 is 1.24 bits per heavy atom. The molecule has 0 bridgehead atoms. The van der Waals surface area contributed by atoms with Gasteiger partial charge in [0.1, 0.15) is 0 Å². The summed E-state index contributed by atoms with van der Waals surface area (Å²) in [5.74, 6) is 0.781. The molecule has 0 aromatic carbocycles. The molecule has 0 aromatic heterocycles. The lowest BCUT2D eigenvalue weighted by Gasteiger charge is -2.35. The quantitative estimate of drug-likeness (QED) is 0.603. The second kappa shape index (κ2) is 7.49. The fourth-order valence-electron chi connectivity index (χ4n) is 3.78. The fourth-order valence-corrected chi connectivity index (χ4v) is 3.78. The first-order valence-electron chi connectivity index (χ1n) is 9.35. The van der Waals surface area contributed by atoms with Gasteiger partial charge in [0.25, 0.3) is 0 Å². The maximum Gasteiger partial charge on any atom is 0.0126 e. The lowest BCUT2D eigenvalue weighted by Crippen LogP contribution is -2.37. The molecule has 2 unspecified atom stereocenters. The van der Waals surface area contributed by atoms with Crippen molar-refractivity contribution in [2.75, 3.05) is 0 Å². The van der Waals surface area contributed by atoms with Crippen LogP contribution in [0, 0.1) is 16.7 Å². The molecule has 1 saturated carbocycles. The maximum atomic E-state index is 6.58. The number of rotatable bonds is 1. The lowest BCUT2D eigenvalue weighted by atomic mass is 9.71. The molecule has 0 spiro atoms. The smallest absolute Gasteiger partial charge is 0.0126 e. The summed E-state index contributed by atoms with van der Waals surface area (Å²) in [4.78, 5) is 0. The summed E-state index contributed by atoms with van der Waals surface area (Å²) < 4.78 is 0. The van der Waals surface area contributed by atoms with E-state index in [1.165, 1.54) is 64.2 Å². The van der Waals surface area contributed by atoms with Crippen LogP contribution in [0.1, 0.15) is 106 Å². The number of nitrogens with two attached hydrogens (primary N) is 1. The van der Waals surface area contributed by atoms with Crippen molar-refractivity contribution in [3.05, 3.63) is 0 Å². The normalized spacial score (nSPS) is 36.6. The van der Waals surface area contributed by atoms with E-state index in [1.54, 1.807) is 0 Å². The standard InChI is InChI=1S/C20H41N/c1-17(2)19(5)12-9-7-8-11-18(3,4)15-16-20(6,21)14-10-13-19/h17H,7-16,21H2,1-6H3. The molecule has 1 rings (SSSR count). The maximum absolute atomic E-state index is 6.58. The van der Waals surface area contributed by atoms with Gasteiger partial charge < -0.3 is 5.73 Å². The van der Waals surface area contributed by atoms with Gasteiger partial charge in [-0.3, -0.25) is 0 Å². The Balaban J connectivity index is 2.72. The Kier molecular flexibility index (Phi) is 6.78. The molecule has 0 radical (unpaired) electrons. The van der Waals surface area contributed by atoms with Gasteiger partial charge in [-0.15, -0.1) is 0 Å². The second-order valence-electron chi connectivity index (χ2n) is 9.54. The van der Waals surface area contributed by atoms with Crippen molar-refractivity contribution in [2.45, 2.75) is 111 Å². The van der Waals surface area contributed by atoms with Crippen LogP contribution in [0.15, 0.2) is 0 Å².